The van der Waals surface area contributed by atoms with Gasteiger partial charge in [0, 0.05) is 6.07 Å². The monoisotopic (exact) mass is 288 g/mol. The number of nitrogens with one attached hydrogen (secondary N) is 2. The van der Waals surface area contributed by atoms with Crippen LogP contribution in [0, 0.1) is 0 Å². The van der Waals surface area contributed by atoms with Crippen LogP contribution in [0.25, 0.3) is 0 Å². The number of sulfonamides is 1. The van der Waals surface area contributed by atoms with Crippen molar-refractivity contribution in [3.8, 4) is 11.5 Å². The number of benzene rings is 1. The Balaban J connectivity index is 2.84. The lowest BCUT2D eigenvalue weighted by Gasteiger charge is -2.13. The summed E-state index contributed by atoms with van der Waals surface area (Å²) < 4.78 is 36.5. The second kappa shape index (κ2) is 7.20. The van der Waals surface area contributed by atoms with Gasteiger partial charge in [0.1, 0.15) is 11.5 Å². The summed E-state index contributed by atoms with van der Waals surface area (Å²) in [6.45, 7) is 0.649. The molecule has 0 aliphatic carbocycles. The van der Waals surface area contributed by atoms with Gasteiger partial charge in [-0.25, -0.2) is 8.42 Å². The Morgan fingerprint density at radius 2 is 1.95 bits per heavy atom. The molecule has 0 bridgehead atoms. The molecule has 0 aliphatic rings. The molecule has 0 fully saturated rings. The summed E-state index contributed by atoms with van der Waals surface area (Å²) in [6, 6.07) is 4.95. The zero-order chi connectivity index (χ0) is 14.3. The summed E-state index contributed by atoms with van der Waals surface area (Å²) in [5, 5.41) is 2.91. The highest BCUT2D eigenvalue weighted by molar-refractivity contribution is 7.92. The molecule has 1 aromatic carbocycles. The summed E-state index contributed by atoms with van der Waals surface area (Å²) >= 11 is 0. The van der Waals surface area contributed by atoms with Gasteiger partial charge >= 0.3 is 0 Å². The highest BCUT2D eigenvalue weighted by atomic mass is 32.2. The molecule has 108 valence electrons. The fourth-order valence-corrected chi connectivity index (χ4v) is 2.67. The maximum absolute atomic E-state index is 11.9. The van der Waals surface area contributed by atoms with Crippen LogP contribution in [0.4, 0.5) is 5.69 Å². The molecule has 2 N–H and O–H groups in total. The first-order chi connectivity index (χ1) is 9.02. The van der Waals surface area contributed by atoms with Gasteiger partial charge in [-0.1, -0.05) is 0 Å². The standard InChI is InChI=1S/C12H20N2O4S/c1-13-7-4-8-19(15,16)14-11-9-10(17-2)5-6-12(11)18-3/h5-6,9,13-14H,4,7-8H2,1-3H3. The minimum atomic E-state index is -3.39. The Labute approximate surface area is 114 Å². The summed E-state index contributed by atoms with van der Waals surface area (Å²) in [5.41, 5.74) is 0.381. The number of ether oxygens (including phenoxy) is 2. The Bertz CT molecular complexity index is 502. The number of hydrogen-bond donors (Lipinski definition) is 2. The summed E-state index contributed by atoms with van der Waals surface area (Å²) in [6.07, 6.45) is 0.540. The molecule has 0 saturated carbocycles. The fraction of sp³-hybridized carbons (Fsp3) is 0.500. The summed E-state index contributed by atoms with van der Waals surface area (Å²) in [7, 11) is 1.40. The molecule has 0 aromatic heterocycles. The largest absolute Gasteiger partial charge is 0.497 e. The number of anilines is 1. The van der Waals surface area contributed by atoms with Crippen LogP contribution in [0.2, 0.25) is 0 Å². The number of hydrogen-bond acceptors (Lipinski definition) is 5. The van der Waals surface area contributed by atoms with Gasteiger partial charge in [-0.15, -0.1) is 0 Å². The third-order valence-corrected chi connectivity index (χ3v) is 3.87. The van der Waals surface area contributed by atoms with Crippen molar-refractivity contribution in [2.45, 2.75) is 6.42 Å². The van der Waals surface area contributed by atoms with Gasteiger partial charge in [0.2, 0.25) is 10.0 Å². The minimum Gasteiger partial charge on any atom is -0.497 e. The molecule has 0 amide bonds. The van der Waals surface area contributed by atoms with E-state index in [4.69, 9.17) is 9.47 Å². The Hall–Kier alpha value is -1.47. The maximum Gasteiger partial charge on any atom is 0.232 e. The van der Waals surface area contributed by atoms with Crippen LogP contribution in [-0.2, 0) is 10.0 Å². The average molecular weight is 288 g/mol. The van der Waals surface area contributed by atoms with Crippen LogP contribution in [0.1, 0.15) is 6.42 Å². The van der Waals surface area contributed by atoms with Crippen LogP contribution in [0.3, 0.4) is 0 Å². The van der Waals surface area contributed by atoms with Gasteiger partial charge < -0.3 is 14.8 Å². The molecule has 0 unspecified atom stereocenters. The second-order valence-electron chi connectivity index (χ2n) is 3.94. The van der Waals surface area contributed by atoms with Crippen molar-refractivity contribution in [3.63, 3.8) is 0 Å². The van der Waals surface area contributed by atoms with Crippen molar-refractivity contribution in [1.29, 1.82) is 0 Å². The zero-order valence-corrected chi connectivity index (χ0v) is 12.2. The lowest BCUT2D eigenvalue weighted by molar-refractivity contribution is 0.405. The molecule has 0 spiro atoms. The summed E-state index contributed by atoms with van der Waals surface area (Å²) in [4.78, 5) is 0. The van der Waals surface area contributed by atoms with Crippen molar-refractivity contribution >= 4 is 15.7 Å². The van der Waals surface area contributed by atoms with Crippen molar-refractivity contribution in [2.75, 3.05) is 38.3 Å². The second-order valence-corrected chi connectivity index (χ2v) is 5.79. The zero-order valence-electron chi connectivity index (χ0n) is 11.4. The quantitative estimate of drug-likeness (QED) is 0.699. The molecule has 0 radical (unpaired) electrons. The first-order valence-electron chi connectivity index (χ1n) is 5.89. The molecule has 7 heteroatoms. The van der Waals surface area contributed by atoms with E-state index in [0.29, 0.717) is 30.2 Å². The Kier molecular flexibility index (Phi) is 5.91. The van der Waals surface area contributed by atoms with Gasteiger partial charge in [0.25, 0.3) is 0 Å². The van der Waals surface area contributed by atoms with E-state index in [1.54, 1.807) is 25.2 Å². The van der Waals surface area contributed by atoms with E-state index in [1.165, 1.54) is 14.2 Å². The van der Waals surface area contributed by atoms with Gasteiger partial charge in [-0.05, 0) is 32.1 Å². The summed E-state index contributed by atoms with van der Waals surface area (Å²) in [5.74, 6) is 1.07. The molecule has 0 aliphatic heterocycles. The van der Waals surface area contributed by atoms with Gasteiger partial charge in [-0.3, -0.25) is 4.72 Å². The number of rotatable bonds is 8. The molecular formula is C12H20N2O4S. The van der Waals surface area contributed by atoms with Crippen LogP contribution < -0.4 is 19.5 Å². The molecule has 0 saturated heterocycles. The molecular weight excluding hydrogens is 268 g/mol. The van der Waals surface area contributed by atoms with Crippen LogP contribution >= 0.6 is 0 Å². The van der Waals surface area contributed by atoms with E-state index in [1.807, 2.05) is 0 Å². The first kappa shape index (κ1) is 15.6. The van der Waals surface area contributed by atoms with E-state index in [2.05, 4.69) is 10.0 Å². The normalized spacial score (nSPS) is 11.1. The predicted molar refractivity (Wildman–Crippen MR) is 75.5 cm³/mol. The predicted octanol–water partition coefficient (Wildman–Crippen LogP) is 1.05. The van der Waals surface area contributed by atoms with E-state index >= 15 is 0 Å². The smallest absolute Gasteiger partial charge is 0.232 e. The highest BCUT2D eigenvalue weighted by Crippen LogP contribution is 2.29. The molecule has 19 heavy (non-hydrogen) atoms. The van der Waals surface area contributed by atoms with Crippen LogP contribution in [0.5, 0.6) is 11.5 Å². The van der Waals surface area contributed by atoms with Crippen molar-refractivity contribution in [2.24, 2.45) is 0 Å². The van der Waals surface area contributed by atoms with Crippen LogP contribution in [-0.4, -0.2) is 42.0 Å². The molecule has 0 heterocycles. The van der Waals surface area contributed by atoms with E-state index in [9.17, 15) is 8.42 Å². The maximum atomic E-state index is 11.9. The molecule has 1 rings (SSSR count). The first-order valence-corrected chi connectivity index (χ1v) is 7.54. The highest BCUT2D eigenvalue weighted by Gasteiger charge is 2.14. The molecule has 0 atom stereocenters. The van der Waals surface area contributed by atoms with E-state index in [-0.39, 0.29) is 5.75 Å². The average Bonchev–Trinajstić information content (AvgIpc) is 2.38. The third kappa shape index (κ3) is 4.96. The van der Waals surface area contributed by atoms with E-state index in [0.717, 1.165) is 0 Å². The fourth-order valence-electron chi connectivity index (χ4n) is 1.55. The van der Waals surface area contributed by atoms with Crippen molar-refractivity contribution in [1.82, 2.24) is 5.32 Å². The minimum absolute atomic E-state index is 0.0498. The molecule has 1 aromatic rings. The SMILES string of the molecule is CNCCCS(=O)(=O)Nc1cc(OC)ccc1OC. The Morgan fingerprint density at radius 1 is 1.21 bits per heavy atom. The number of methoxy groups -OCH3 is 2. The van der Waals surface area contributed by atoms with Crippen molar-refractivity contribution in [3.05, 3.63) is 18.2 Å². The third-order valence-electron chi connectivity index (χ3n) is 2.51. The topological polar surface area (TPSA) is 76.7 Å². The lowest BCUT2D eigenvalue weighted by atomic mass is 10.3. The van der Waals surface area contributed by atoms with Gasteiger partial charge in [-0.2, -0.15) is 0 Å². The Morgan fingerprint density at radius 3 is 2.53 bits per heavy atom. The molecule has 6 nitrogen and oxygen atoms in total. The van der Waals surface area contributed by atoms with E-state index < -0.39 is 10.0 Å². The van der Waals surface area contributed by atoms with Gasteiger partial charge in [0.05, 0.1) is 25.7 Å². The lowest BCUT2D eigenvalue weighted by Crippen LogP contribution is -2.20. The van der Waals surface area contributed by atoms with Crippen LogP contribution in [0.15, 0.2) is 18.2 Å². The van der Waals surface area contributed by atoms with Crippen molar-refractivity contribution < 1.29 is 17.9 Å². The van der Waals surface area contributed by atoms with Gasteiger partial charge in [0.15, 0.2) is 0 Å².